The molecule has 2 aliphatic rings. The predicted octanol–water partition coefficient (Wildman–Crippen LogP) is 2.90. The Morgan fingerprint density at radius 2 is 1.21 bits per heavy atom. The summed E-state index contributed by atoms with van der Waals surface area (Å²) in [4.78, 5) is 13.2. The predicted molar refractivity (Wildman–Crippen MR) is 126 cm³/mol. The molecule has 2 saturated heterocycles. The molecular formula is C23H29N3O5S2. The molecule has 0 radical (unpaired) electrons. The molecule has 178 valence electrons. The van der Waals surface area contributed by atoms with Crippen LogP contribution in [0, 0.1) is 5.92 Å². The molecular weight excluding hydrogens is 462 g/mol. The third kappa shape index (κ3) is 5.29. The Labute approximate surface area is 195 Å². The van der Waals surface area contributed by atoms with E-state index in [9.17, 15) is 21.6 Å². The molecule has 4 rings (SSSR count). The molecule has 8 nitrogen and oxygen atoms in total. The van der Waals surface area contributed by atoms with Crippen molar-refractivity contribution >= 4 is 31.6 Å². The number of anilines is 1. The number of benzene rings is 2. The first kappa shape index (κ1) is 23.9. The van der Waals surface area contributed by atoms with Gasteiger partial charge < -0.3 is 5.32 Å². The zero-order valence-corrected chi connectivity index (χ0v) is 20.0. The molecule has 0 atom stereocenters. The van der Waals surface area contributed by atoms with E-state index in [1.54, 1.807) is 42.5 Å². The number of carbonyl (C=O) groups is 1. The first-order chi connectivity index (χ1) is 15.8. The lowest BCUT2D eigenvalue weighted by Gasteiger charge is -2.30. The lowest BCUT2D eigenvalue weighted by molar-refractivity contribution is -0.120. The van der Waals surface area contributed by atoms with Crippen LogP contribution in [0.5, 0.6) is 0 Å². The standard InChI is InChI=1S/C23H29N3O5S2/c27-23(19-13-17-26(18-14-19)32(28,29)21-7-3-1-4-8-21)24-20-9-11-22(12-10-20)33(30,31)25-15-5-2-6-16-25/h1,3-4,7-12,19H,2,5-6,13-18H2,(H,24,27). The minimum Gasteiger partial charge on any atom is -0.326 e. The van der Waals surface area contributed by atoms with E-state index in [-0.39, 0.29) is 34.7 Å². The van der Waals surface area contributed by atoms with E-state index in [0.29, 0.717) is 31.6 Å². The van der Waals surface area contributed by atoms with Crippen molar-refractivity contribution in [2.75, 3.05) is 31.5 Å². The van der Waals surface area contributed by atoms with E-state index in [0.717, 1.165) is 19.3 Å². The van der Waals surface area contributed by atoms with Crippen molar-refractivity contribution in [2.24, 2.45) is 5.92 Å². The van der Waals surface area contributed by atoms with Gasteiger partial charge in [0.05, 0.1) is 9.79 Å². The van der Waals surface area contributed by atoms with Crippen molar-refractivity contribution in [3.05, 3.63) is 54.6 Å². The van der Waals surface area contributed by atoms with Crippen LogP contribution in [0.2, 0.25) is 0 Å². The van der Waals surface area contributed by atoms with E-state index in [4.69, 9.17) is 0 Å². The minimum absolute atomic E-state index is 0.182. The van der Waals surface area contributed by atoms with Crippen LogP contribution in [0.15, 0.2) is 64.4 Å². The van der Waals surface area contributed by atoms with Crippen LogP contribution in [-0.2, 0) is 24.8 Å². The molecule has 0 unspecified atom stereocenters. The highest BCUT2D eigenvalue weighted by atomic mass is 32.2. The van der Waals surface area contributed by atoms with Crippen LogP contribution in [0.3, 0.4) is 0 Å². The number of hydrogen-bond acceptors (Lipinski definition) is 5. The maximum absolute atomic E-state index is 12.8. The Morgan fingerprint density at radius 3 is 1.79 bits per heavy atom. The maximum atomic E-state index is 12.8. The molecule has 0 aliphatic carbocycles. The van der Waals surface area contributed by atoms with Crippen molar-refractivity contribution in [3.63, 3.8) is 0 Å². The summed E-state index contributed by atoms with van der Waals surface area (Å²) in [5.74, 6) is -0.484. The van der Waals surface area contributed by atoms with Crippen molar-refractivity contribution in [2.45, 2.75) is 41.9 Å². The van der Waals surface area contributed by atoms with Crippen molar-refractivity contribution < 1.29 is 21.6 Å². The summed E-state index contributed by atoms with van der Waals surface area (Å²) in [7, 11) is -7.07. The van der Waals surface area contributed by atoms with Crippen LogP contribution in [-0.4, -0.2) is 57.5 Å². The first-order valence-corrected chi connectivity index (χ1v) is 14.1. The second kappa shape index (κ2) is 9.92. The summed E-state index contributed by atoms with van der Waals surface area (Å²) in [5, 5.41) is 2.84. The Hall–Kier alpha value is -2.27. The second-order valence-electron chi connectivity index (χ2n) is 8.47. The zero-order valence-electron chi connectivity index (χ0n) is 18.4. The van der Waals surface area contributed by atoms with Gasteiger partial charge in [-0.05, 0) is 62.1 Å². The first-order valence-electron chi connectivity index (χ1n) is 11.2. The van der Waals surface area contributed by atoms with Gasteiger partial charge >= 0.3 is 0 Å². The molecule has 0 spiro atoms. The van der Waals surface area contributed by atoms with Crippen LogP contribution >= 0.6 is 0 Å². The average Bonchev–Trinajstić information content (AvgIpc) is 2.85. The van der Waals surface area contributed by atoms with Gasteiger partial charge in [-0.1, -0.05) is 24.6 Å². The highest BCUT2D eigenvalue weighted by Gasteiger charge is 2.32. The number of hydrogen-bond donors (Lipinski definition) is 1. The van der Waals surface area contributed by atoms with E-state index in [1.807, 2.05) is 0 Å². The number of amides is 1. The number of piperidine rings is 2. The molecule has 0 aromatic heterocycles. The van der Waals surface area contributed by atoms with E-state index in [1.165, 1.54) is 20.7 Å². The third-order valence-corrected chi connectivity index (χ3v) is 10.1. The minimum atomic E-state index is -3.56. The Balaban J connectivity index is 1.34. The van der Waals surface area contributed by atoms with Crippen molar-refractivity contribution in [3.8, 4) is 0 Å². The molecule has 2 fully saturated rings. The normalized spacial score (nSPS) is 19.3. The van der Waals surface area contributed by atoms with Gasteiger partial charge in [0.1, 0.15) is 0 Å². The number of carbonyl (C=O) groups excluding carboxylic acids is 1. The summed E-state index contributed by atoms with van der Waals surface area (Å²) in [6.45, 7) is 1.64. The fourth-order valence-electron chi connectivity index (χ4n) is 4.31. The van der Waals surface area contributed by atoms with Gasteiger partial charge in [-0.15, -0.1) is 0 Å². The molecule has 2 heterocycles. The molecule has 0 bridgehead atoms. The summed E-state index contributed by atoms with van der Waals surface area (Å²) in [5.41, 5.74) is 0.525. The van der Waals surface area contributed by atoms with Gasteiger partial charge in [0.25, 0.3) is 0 Å². The average molecular weight is 492 g/mol. The smallest absolute Gasteiger partial charge is 0.243 e. The van der Waals surface area contributed by atoms with Gasteiger partial charge in [0.15, 0.2) is 0 Å². The van der Waals surface area contributed by atoms with Crippen molar-refractivity contribution in [1.29, 1.82) is 0 Å². The van der Waals surface area contributed by atoms with Gasteiger partial charge in [0.2, 0.25) is 26.0 Å². The lowest BCUT2D eigenvalue weighted by atomic mass is 9.97. The molecule has 0 saturated carbocycles. The molecule has 1 amide bonds. The molecule has 33 heavy (non-hydrogen) atoms. The number of sulfonamides is 2. The number of rotatable bonds is 6. The molecule has 2 aliphatic heterocycles. The largest absolute Gasteiger partial charge is 0.326 e. The van der Waals surface area contributed by atoms with Gasteiger partial charge in [-0.3, -0.25) is 4.79 Å². The molecule has 2 aromatic rings. The molecule has 1 N–H and O–H groups in total. The highest BCUT2D eigenvalue weighted by molar-refractivity contribution is 7.89. The third-order valence-electron chi connectivity index (χ3n) is 6.28. The molecule has 2 aromatic carbocycles. The van der Waals surface area contributed by atoms with E-state index in [2.05, 4.69) is 5.32 Å². The zero-order chi connectivity index (χ0) is 23.5. The fourth-order valence-corrected chi connectivity index (χ4v) is 7.32. The van der Waals surface area contributed by atoms with Gasteiger partial charge in [-0.25, -0.2) is 16.8 Å². The summed E-state index contributed by atoms with van der Waals surface area (Å²) < 4.78 is 54.0. The van der Waals surface area contributed by atoms with Crippen LogP contribution < -0.4 is 5.32 Å². The van der Waals surface area contributed by atoms with Crippen LogP contribution in [0.25, 0.3) is 0 Å². The van der Waals surface area contributed by atoms with Crippen LogP contribution in [0.4, 0.5) is 5.69 Å². The van der Waals surface area contributed by atoms with E-state index >= 15 is 0 Å². The van der Waals surface area contributed by atoms with Crippen LogP contribution in [0.1, 0.15) is 32.1 Å². The fraction of sp³-hybridized carbons (Fsp3) is 0.435. The topological polar surface area (TPSA) is 104 Å². The summed E-state index contributed by atoms with van der Waals surface area (Å²) in [6.07, 6.45) is 3.66. The highest BCUT2D eigenvalue weighted by Crippen LogP contribution is 2.26. The monoisotopic (exact) mass is 491 g/mol. The summed E-state index contributed by atoms with van der Waals surface area (Å²) in [6, 6.07) is 14.5. The second-order valence-corrected chi connectivity index (χ2v) is 12.3. The Morgan fingerprint density at radius 1 is 0.697 bits per heavy atom. The van der Waals surface area contributed by atoms with Gasteiger partial charge in [-0.2, -0.15) is 8.61 Å². The van der Waals surface area contributed by atoms with E-state index < -0.39 is 20.0 Å². The Bertz CT molecular complexity index is 1170. The number of nitrogens with zero attached hydrogens (tertiary/aromatic N) is 2. The molecule has 10 heteroatoms. The van der Waals surface area contributed by atoms with Crippen molar-refractivity contribution in [1.82, 2.24) is 8.61 Å². The lowest BCUT2D eigenvalue weighted by Crippen LogP contribution is -2.41. The van der Waals surface area contributed by atoms with Gasteiger partial charge in [0, 0.05) is 37.8 Å². The maximum Gasteiger partial charge on any atom is 0.243 e. The quantitative estimate of drug-likeness (QED) is 0.669. The Kier molecular flexibility index (Phi) is 7.18. The summed E-state index contributed by atoms with van der Waals surface area (Å²) >= 11 is 0. The number of nitrogens with one attached hydrogen (secondary N) is 1. The SMILES string of the molecule is O=C(Nc1ccc(S(=O)(=O)N2CCCCC2)cc1)C1CCN(S(=O)(=O)c2ccccc2)CC1.